The lowest BCUT2D eigenvalue weighted by molar-refractivity contribution is -0.525. The first kappa shape index (κ1) is 17.6. The van der Waals surface area contributed by atoms with Crippen molar-refractivity contribution in [3.63, 3.8) is 0 Å². The van der Waals surface area contributed by atoms with Crippen molar-refractivity contribution in [1.29, 1.82) is 0 Å². The van der Waals surface area contributed by atoms with Gasteiger partial charge in [0.05, 0.1) is 0 Å². The molecule has 1 saturated heterocycles. The van der Waals surface area contributed by atoms with E-state index in [-0.39, 0.29) is 6.10 Å². The normalized spacial score (nSPS) is 38.1. The molecule has 4 heteroatoms. The van der Waals surface area contributed by atoms with Gasteiger partial charge in [0.1, 0.15) is 11.9 Å². The number of hydrogen-bond donors (Lipinski definition) is 0. The van der Waals surface area contributed by atoms with Crippen LogP contribution in [0.2, 0.25) is 0 Å². The minimum Gasteiger partial charge on any atom is -0.336 e. The van der Waals surface area contributed by atoms with E-state index in [1.165, 1.54) is 11.1 Å². The van der Waals surface area contributed by atoms with Crippen LogP contribution >= 0.6 is 0 Å². The Kier molecular flexibility index (Phi) is 3.86. The van der Waals surface area contributed by atoms with Crippen LogP contribution in [0.1, 0.15) is 43.2 Å². The Hall–Kier alpha value is -2.27. The van der Waals surface area contributed by atoms with E-state index < -0.39 is 11.4 Å². The molecule has 3 aliphatic carbocycles. The van der Waals surface area contributed by atoms with Gasteiger partial charge in [0.15, 0.2) is 5.60 Å². The van der Waals surface area contributed by atoms with Crippen molar-refractivity contribution < 1.29 is 19.3 Å². The molecule has 0 radical (unpaired) electrons. The van der Waals surface area contributed by atoms with Gasteiger partial charge >= 0.3 is 0 Å². The molecule has 4 unspecified atom stereocenters. The number of rotatable bonds is 2. The van der Waals surface area contributed by atoms with Gasteiger partial charge in [-0.25, -0.2) is 4.89 Å². The average molecular weight is 388 g/mol. The Morgan fingerprint density at radius 3 is 2.17 bits per heavy atom. The zero-order valence-corrected chi connectivity index (χ0v) is 16.3. The molecule has 148 valence electrons. The first-order valence-electron chi connectivity index (χ1n) is 10.5. The Morgan fingerprint density at radius 1 is 0.828 bits per heavy atom. The van der Waals surface area contributed by atoms with E-state index in [4.69, 9.17) is 14.5 Å². The molecule has 2 saturated carbocycles. The van der Waals surface area contributed by atoms with Gasteiger partial charge in [0.25, 0.3) is 0 Å². The molecule has 4 atom stereocenters. The van der Waals surface area contributed by atoms with Crippen molar-refractivity contribution in [3.8, 4) is 0 Å². The van der Waals surface area contributed by atoms with Gasteiger partial charge in [-0.3, -0.25) is 4.79 Å². The number of fused-ring (bicyclic) bond motifs is 2. The molecule has 1 spiro atoms. The number of benzene rings is 2. The first-order chi connectivity index (χ1) is 14.2. The Labute approximate surface area is 170 Å². The smallest absolute Gasteiger partial charge is 0.202 e. The van der Waals surface area contributed by atoms with Crippen molar-refractivity contribution in [3.05, 3.63) is 77.9 Å². The van der Waals surface area contributed by atoms with Crippen molar-refractivity contribution in [2.75, 3.05) is 0 Å². The molecule has 1 aliphatic heterocycles. The zero-order chi connectivity index (χ0) is 19.5. The molecule has 1 heterocycles. The summed E-state index contributed by atoms with van der Waals surface area (Å²) in [6.45, 7) is 0. The standard InChI is InChI=1S/C25H24O4/c26-22-11-18-14-24(15-19(18)12-22)27-23-13-20(17-7-3-1-4-8-17)16-25(23,29-28-24)21-9-5-2-6-10-21/h1-10,13,18-19,23H,11-12,14-16H2. The molecular weight excluding hydrogens is 364 g/mol. The molecule has 2 aromatic carbocycles. The highest BCUT2D eigenvalue weighted by atomic mass is 17.2. The highest BCUT2D eigenvalue weighted by Gasteiger charge is 2.61. The molecule has 6 rings (SSSR count). The maximum absolute atomic E-state index is 11.8. The summed E-state index contributed by atoms with van der Waals surface area (Å²) in [5.74, 6) is 0.350. The van der Waals surface area contributed by atoms with Crippen LogP contribution in [0.4, 0.5) is 0 Å². The Bertz CT molecular complexity index is 951. The minimum atomic E-state index is -0.735. The number of carbonyl (C=O) groups excluding carboxylic acids is 1. The van der Waals surface area contributed by atoms with Crippen LogP contribution < -0.4 is 0 Å². The third-order valence-electron chi connectivity index (χ3n) is 7.15. The predicted octanol–water partition coefficient (Wildman–Crippen LogP) is 4.80. The van der Waals surface area contributed by atoms with Crippen LogP contribution in [0, 0.1) is 11.8 Å². The highest BCUT2D eigenvalue weighted by molar-refractivity contribution is 5.81. The van der Waals surface area contributed by atoms with E-state index in [2.05, 4.69) is 42.5 Å². The van der Waals surface area contributed by atoms with E-state index in [1.807, 2.05) is 24.3 Å². The van der Waals surface area contributed by atoms with E-state index in [0.29, 0.717) is 36.9 Å². The van der Waals surface area contributed by atoms with Gasteiger partial charge in [-0.2, -0.15) is 4.89 Å². The summed E-state index contributed by atoms with van der Waals surface area (Å²) in [4.78, 5) is 24.2. The van der Waals surface area contributed by atoms with Gasteiger partial charge in [0, 0.05) is 32.1 Å². The topological polar surface area (TPSA) is 44.8 Å². The van der Waals surface area contributed by atoms with Crippen LogP contribution in [0.25, 0.3) is 5.57 Å². The van der Waals surface area contributed by atoms with Gasteiger partial charge in [-0.05, 0) is 34.6 Å². The summed E-state index contributed by atoms with van der Waals surface area (Å²) in [7, 11) is 0. The summed E-state index contributed by atoms with van der Waals surface area (Å²) in [6, 6.07) is 20.6. The van der Waals surface area contributed by atoms with Crippen molar-refractivity contribution in [2.24, 2.45) is 11.8 Å². The van der Waals surface area contributed by atoms with Gasteiger partial charge in [-0.1, -0.05) is 60.7 Å². The fourth-order valence-electron chi connectivity index (χ4n) is 5.78. The summed E-state index contributed by atoms with van der Waals surface area (Å²) >= 11 is 0. The molecule has 0 amide bonds. The van der Waals surface area contributed by atoms with Crippen LogP contribution in [0.5, 0.6) is 0 Å². The van der Waals surface area contributed by atoms with E-state index in [1.54, 1.807) is 0 Å². The summed E-state index contributed by atoms with van der Waals surface area (Å²) in [5, 5.41) is 0. The van der Waals surface area contributed by atoms with Crippen molar-refractivity contribution in [2.45, 2.75) is 49.6 Å². The Morgan fingerprint density at radius 2 is 1.48 bits per heavy atom. The van der Waals surface area contributed by atoms with E-state index in [0.717, 1.165) is 18.4 Å². The molecular formula is C25H24O4. The van der Waals surface area contributed by atoms with Gasteiger partial charge in [0.2, 0.25) is 5.79 Å². The van der Waals surface area contributed by atoms with Crippen LogP contribution in [-0.2, 0) is 24.9 Å². The highest BCUT2D eigenvalue weighted by Crippen LogP contribution is 2.57. The summed E-state index contributed by atoms with van der Waals surface area (Å²) < 4.78 is 6.71. The maximum Gasteiger partial charge on any atom is 0.202 e. The van der Waals surface area contributed by atoms with E-state index >= 15 is 0 Å². The molecule has 4 nitrogen and oxygen atoms in total. The summed E-state index contributed by atoms with van der Waals surface area (Å²) in [5.41, 5.74) is 2.79. The molecule has 29 heavy (non-hydrogen) atoms. The molecule has 2 aromatic rings. The van der Waals surface area contributed by atoms with Gasteiger partial charge < -0.3 is 4.74 Å². The lowest BCUT2D eigenvalue weighted by atomic mass is 9.87. The van der Waals surface area contributed by atoms with Crippen molar-refractivity contribution in [1.82, 2.24) is 0 Å². The number of carbonyl (C=O) groups is 1. The average Bonchev–Trinajstić information content (AvgIpc) is 3.39. The second kappa shape index (κ2) is 6.36. The van der Waals surface area contributed by atoms with Crippen LogP contribution in [-0.4, -0.2) is 17.7 Å². The molecule has 4 aliphatic rings. The fourth-order valence-corrected chi connectivity index (χ4v) is 5.78. The van der Waals surface area contributed by atoms with Crippen LogP contribution in [0.3, 0.4) is 0 Å². The summed E-state index contributed by atoms with van der Waals surface area (Å²) in [6.07, 6.45) is 5.47. The third-order valence-corrected chi connectivity index (χ3v) is 7.15. The molecule has 0 bridgehead atoms. The second-order valence-electron chi connectivity index (χ2n) is 8.98. The molecule has 3 fully saturated rings. The number of hydrogen-bond acceptors (Lipinski definition) is 4. The zero-order valence-electron chi connectivity index (χ0n) is 16.3. The number of ketones is 1. The predicted molar refractivity (Wildman–Crippen MR) is 107 cm³/mol. The Balaban J connectivity index is 1.36. The van der Waals surface area contributed by atoms with E-state index in [9.17, 15) is 4.79 Å². The fraction of sp³-hybridized carbons (Fsp3) is 0.400. The van der Waals surface area contributed by atoms with Gasteiger partial charge in [-0.15, -0.1) is 0 Å². The number of Topliss-reactive ketones (excluding diaryl/α,β-unsaturated/α-hetero) is 1. The maximum atomic E-state index is 11.8. The van der Waals surface area contributed by atoms with Crippen molar-refractivity contribution >= 4 is 11.4 Å². The largest absolute Gasteiger partial charge is 0.336 e. The lowest BCUT2D eigenvalue weighted by Gasteiger charge is -2.46. The second-order valence-corrected chi connectivity index (χ2v) is 8.98. The monoisotopic (exact) mass is 388 g/mol. The third kappa shape index (κ3) is 2.74. The quantitative estimate of drug-likeness (QED) is 0.693. The molecule has 0 aromatic heterocycles. The SMILES string of the molecule is O=C1CC2CC3(CC2C1)OOC1(c2ccccc2)CC(c2ccccc2)=CC1O3. The minimum absolute atomic E-state index is 0.219. The molecule has 0 N–H and O–H groups in total. The number of ether oxygens (including phenoxy) is 1. The first-order valence-corrected chi connectivity index (χ1v) is 10.5. The van der Waals surface area contributed by atoms with Crippen LogP contribution in [0.15, 0.2) is 66.7 Å². The lowest BCUT2D eigenvalue weighted by Crippen LogP contribution is -2.53.